The SMILES string of the molecule is C[C@@H](NC(=O)CNC(C)(C)C)c1ccccn1. The van der Waals surface area contributed by atoms with E-state index in [9.17, 15) is 4.79 Å². The first-order chi connectivity index (χ1) is 7.88. The van der Waals surface area contributed by atoms with E-state index in [1.807, 2.05) is 45.9 Å². The molecule has 0 spiro atoms. The van der Waals surface area contributed by atoms with Gasteiger partial charge in [-0.15, -0.1) is 0 Å². The fourth-order valence-electron chi connectivity index (χ4n) is 1.34. The van der Waals surface area contributed by atoms with Gasteiger partial charge >= 0.3 is 0 Å². The van der Waals surface area contributed by atoms with Crippen LogP contribution < -0.4 is 10.6 Å². The monoisotopic (exact) mass is 235 g/mol. The third-order valence-corrected chi connectivity index (χ3v) is 2.29. The van der Waals surface area contributed by atoms with E-state index in [0.29, 0.717) is 6.54 Å². The average molecular weight is 235 g/mol. The summed E-state index contributed by atoms with van der Waals surface area (Å²) in [6.07, 6.45) is 1.73. The molecular weight excluding hydrogens is 214 g/mol. The van der Waals surface area contributed by atoms with Crippen molar-refractivity contribution in [2.75, 3.05) is 6.54 Å². The molecule has 0 fully saturated rings. The number of nitrogens with one attached hydrogen (secondary N) is 2. The molecule has 1 heterocycles. The summed E-state index contributed by atoms with van der Waals surface area (Å²) in [5.74, 6) is -0.0157. The Hall–Kier alpha value is -1.42. The Morgan fingerprint density at radius 3 is 2.65 bits per heavy atom. The zero-order valence-electron chi connectivity index (χ0n) is 10.9. The summed E-state index contributed by atoms with van der Waals surface area (Å²) in [5, 5.41) is 6.05. The summed E-state index contributed by atoms with van der Waals surface area (Å²) in [6, 6.07) is 5.62. The molecule has 1 atom stereocenters. The van der Waals surface area contributed by atoms with Crippen LogP contribution in [0.5, 0.6) is 0 Å². The zero-order valence-corrected chi connectivity index (χ0v) is 10.9. The number of carbonyl (C=O) groups excluding carboxylic acids is 1. The van der Waals surface area contributed by atoms with E-state index in [-0.39, 0.29) is 17.5 Å². The van der Waals surface area contributed by atoms with Crippen LogP contribution in [0.4, 0.5) is 0 Å². The van der Waals surface area contributed by atoms with Crippen molar-refractivity contribution >= 4 is 5.91 Å². The maximum Gasteiger partial charge on any atom is 0.234 e. The molecule has 0 aliphatic carbocycles. The molecule has 0 bridgehead atoms. The topological polar surface area (TPSA) is 54.0 Å². The van der Waals surface area contributed by atoms with Gasteiger partial charge in [0.2, 0.25) is 5.91 Å². The minimum atomic E-state index is -0.0644. The highest BCUT2D eigenvalue weighted by molar-refractivity contribution is 5.78. The fraction of sp³-hybridized carbons (Fsp3) is 0.538. The Balaban J connectivity index is 2.42. The lowest BCUT2D eigenvalue weighted by Gasteiger charge is -2.21. The highest BCUT2D eigenvalue weighted by Crippen LogP contribution is 2.07. The summed E-state index contributed by atoms with van der Waals surface area (Å²) in [5.41, 5.74) is 0.822. The molecule has 94 valence electrons. The van der Waals surface area contributed by atoms with Gasteiger partial charge in [-0.2, -0.15) is 0 Å². The Labute approximate surface area is 103 Å². The van der Waals surface area contributed by atoms with Crippen LogP contribution in [-0.2, 0) is 4.79 Å². The molecule has 4 heteroatoms. The predicted octanol–water partition coefficient (Wildman–Crippen LogP) is 1.65. The summed E-state index contributed by atoms with van der Waals surface area (Å²) in [6.45, 7) is 8.34. The molecule has 0 aliphatic rings. The molecule has 1 aromatic heterocycles. The molecule has 1 aromatic rings. The van der Waals surface area contributed by atoms with Gasteiger partial charge in [0.05, 0.1) is 18.3 Å². The van der Waals surface area contributed by atoms with Crippen molar-refractivity contribution in [1.82, 2.24) is 15.6 Å². The van der Waals surface area contributed by atoms with Gasteiger partial charge in [-0.05, 0) is 39.8 Å². The van der Waals surface area contributed by atoms with Crippen LogP contribution in [-0.4, -0.2) is 23.0 Å². The normalized spacial score (nSPS) is 13.2. The molecule has 17 heavy (non-hydrogen) atoms. The maximum absolute atomic E-state index is 11.7. The fourth-order valence-corrected chi connectivity index (χ4v) is 1.34. The van der Waals surface area contributed by atoms with Crippen LogP contribution in [0, 0.1) is 0 Å². The van der Waals surface area contributed by atoms with E-state index in [1.54, 1.807) is 6.20 Å². The molecule has 1 amide bonds. The van der Waals surface area contributed by atoms with Crippen LogP contribution in [0.25, 0.3) is 0 Å². The quantitative estimate of drug-likeness (QED) is 0.834. The van der Waals surface area contributed by atoms with E-state index >= 15 is 0 Å². The number of aromatic nitrogens is 1. The third-order valence-electron chi connectivity index (χ3n) is 2.29. The van der Waals surface area contributed by atoms with Crippen molar-refractivity contribution in [3.05, 3.63) is 30.1 Å². The van der Waals surface area contributed by atoms with Crippen LogP contribution in [0.15, 0.2) is 24.4 Å². The lowest BCUT2D eigenvalue weighted by molar-refractivity contribution is -0.121. The molecule has 0 saturated carbocycles. The lowest BCUT2D eigenvalue weighted by Crippen LogP contribution is -2.43. The number of pyridine rings is 1. The van der Waals surface area contributed by atoms with Gasteiger partial charge in [-0.1, -0.05) is 6.07 Å². The Bertz CT molecular complexity index is 357. The smallest absolute Gasteiger partial charge is 0.234 e. The second-order valence-electron chi connectivity index (χ2n) is 5.15. The van der Waals surface area contributed by atoms with Crippen molar-refractivity contribution in [2.24, 2.45) is 0 Å². The number of carbonyl (C=O) groups is 1. The standard InChI is InChI=1S/C13H21N3O/c1-10(11-7-5-6-8-14-11)16-12(17)9-15-13(2,3)4/h5-8,10,15H,9H2,1-4H3,(H,16,17)/t10-/m1/s1. The van der Waals surface area contributed by atoms with Gasteiger partial charge in [0.1, 0.15) is 0 Å². The minimum absolute atomic E-state index is 0.0157. The molecule has 0 aromatic carbocycles. The second kappa shape index (κ2) is 5.77. The summed E-state index contributed by atoms with van der Waals surface area (Å²) in [4.78, 5) is 15.9. The van der Waals surface area contributed by atoms with Crippen molar-refractivity contribution < 1.29 is 4.79 Å². The lowest BCUT2D eigenvalue weighted by atomic mass is 10.1. The number of hydrogen-bond acceptors (Lipinski definition) is 3. The Morgan fingerprint density at radius 1 is 1.41 bits per heavy atom. The average Bonchev–Trinajstić information content (AvgIpc) is 2.27. The van der Waals surface area contributed by atoms with Crippen molar-refractivity contribution in [3.63, 3.8) is 0 Å². The Morgan fingerprint density at radius 2 is 2.12 bits per heavy atom. The van der Waals surface area contributed by atoms with Crippen LogP contribution in [0.3, 0.4) is 0 Å². The highest BCUT2D eigenvalue weighted by Gasteiger charge is 2.13. The number of hydrogen-bond donors (Lipinski definition) is 2. The first kappa shape index (κ1) is 13.6. The van der Waals surface area contributed by atoms with Crippen molar-refractivity contribution in [1.29, 1.82) is 0 Å². The third kappa shape index (κ3) is 5.45. The van der Waals surface area contributed by atoms with Crippen molar-refractivity contribution in [3.8, 4) is 0 Å². The molecule has 4 nitrogen and oxygen atoms in total. The van der Waals surface area contributed by atoms with Crippen LogP contribution >= 0.6 is 0 Å². The molecule has 1 rings (SSSR count). The minimum Gasteiger partial charge on any atom is -0.347 e. The number of amides is 1. The first-order valence-corrected chi connectivity index (χ1v) is 5.84. The van der Waals surface area contributed by atoms with E-state index in [0.717, 1.165) is 5.69 Å². The van der Waals surface area contributed by atoms with E-state index in [1.165, 1.54) is 0 Å². The molecule has 2 N–H and O–H groups in total. The van der Waals surface area contributed by atoms with Gasteiger partial charge in [0.15, 0.2) is 0 Å². The zero-order chi connectivity index (χ0) is 12.9. The van der Waals surface area contributed by atoms with Crippen molar-refractivity contribution in [2.45, 2.75) is 39.3 Å². The molecule has 0 radical (unpaired) electrons. The number of rotatable bonds is 4. The molecule has 0 unspecified atom stereocenters. The van der Waals surface area contributed by atoms with Gasteiger partial charge in [0, 0.05) is 11.7 Å². The molecule has 0 saturated heterocycles. The second-order valence-corrected chi connectivity index (χ2v) is 5.15. The van der Waals surface area contributed by atoms with Crippen LogP contribution in [0.1, 0.15) is 39.4 Å². The largest absolute Gasteiger partial charge is 0.347 e. The van der Waals surface area contributed by atoms with Gasteiger partial charge < -0.3 is 10.6 Å². The summed E-state index contributed by atoms with van der Waals surface area (Å²) in [7, 11) is 0. The maximum atomic E-state index is 11.7. The number of nitrogens with zero attached hydrogens (tertiary/aromatic N) is 1. The molecule has 0 aliphatic heterocycles. The van der Waals surface area contributed by atoms with E-state index in [2.05, 4.69) is 15.6 Å². The van der Waals surface area contributed by atoms with Gasteiger partial charge in [-0.25, -0.2) is 0 Å². The van der Waals surface area contributed by atoms with E-state index < -0.39 is 0 Å². The van der Waals surface area contributed by atoms with Gasteiger partial charge in [0.25, 0.3) is 0 Å². The first-order valence-electron chi connectivity index (χ1n) is 5.84. The van der Waals surface area contributed by atoms with Crippen LogP contribution in [0.2, 0.25) is 0 Å². The summed E-state index contributed by atoms with van der Waals surface area (Å²) >= 11 is 0. The van der Waals surface area contributed by atoms with E-state index in [4.69, 9.17) is 0 Å². The molecular formula is C13H21N3O. The summed E-state index contributed by atoms with van der Waals surface area (Å²) < 4.78 is 0. The Kier molecular flexibility index (Phi) is 4.63. The van der Waals surface area contributed by atoms with Gasteiger partial charge in [-0.3, -0.25) is 9.78 Å². The predicted molar refractivity (Wildman–Crippen MR) is 68.6 cm³/mol. The highest BCUT2D eigenvalue weighted by atomic mass is 16.2.